The van der Waals surface area contributed by atoms with E-state index in [2.05, 4.69) is 78.4 Å². The third-order valence-corrected chi connectivity index (χ3v) is 4.17. The first-order valence-electron chi connectivity index (χ1n) is 6.65. The molecular weight excluding hydrogens is 252 g/mol. The Kier molecular flexibility index (Phi) is 5.14. The number of hydrogen-bond donors (Lipinski definition) is 1. The van der Waals surface area contributed by atoms with Crippen molar-refractivity contribution in [3.8, 4) is 0 Å². The second kappa shape index (κ2) is 6.85. The summed E-state index contributed by atoms with van der Waals surface area (Å²) in [6, 6.07) is 13.7. The van der Waals surface area contributed by atoms with Gasteiger partial charge in [-0.15, -0.1) is 0 Å². The van der Waals surface area contributed by atoms with E-state index in [4.69, 9.17) is 0 Å². The van der Waals surface area contributed by atoms with E-state index in [9.17, 15) is 0 Å². The van der Waals surface area contributed by atoms with E-state index >= 15 is 0 Å². The number of nitrogens with zero attached hydrogens (tertiary/aromatic N) is 1. The zero-order valence-electron chi connectivity index (χ0n) is 11.8. The second-order valence-corrected chi connectivity index (χ2v) is 5.86. The third-order valence-electron chi connectivity index (χ3n) is 3.47. The Morgan fingerprint density at radius 1 is 1.11 bits per heavy atom. The average Bonchev–Trinajstić information content (AvgIpc) is 2.93. The van der Waals surface area contributed by atoms with Gasteiger partial charge in [-0.25, -0.2) is 0 Å². The topological polar surface area (TPSA) is 15.3 Å². The van der Waals surface area contributed by atoms with Crippen LogP contribution in [0.5, 0.6) is 0 Å². The van der Waals surface area contributed by atoms with Gasteiger partial charge in [0, 0.05) is 18.6 Å². The van der Waals surface area contributed by atoms with Crippen LogP contribution in [0.2, 0.25) is 0 Å². The maximum Gasteiger partial charge on any atom is 0.0467 e. The van der Waals surface area contributed by atoms with Gasteiger partial charge in [-0.1, -0.05) is 30.3 Å². The summed E-state index contributed by atoms with van der Waals surface area (Å²) in [5.41, 5.74) is 2.73. The van der Waals surface area contributed by atoms with E-state index in [-0.39, 0.29) is 0 Å². The molecule has 0 bridgehead atoms. The third kappa shape index (κ3) is 3.90. The van der Waals surface area contributed by atoms with Crippen LogP contribution in [-0.4, -0.2) is 25.5 Å². The molecule has 0 amide bonds. The maximum atomic E-state index is 3.63. The normalized spacial score (nSPS) is 14.5. The molecule has 1 heterocycles. The lowest BCUT2D eigenvalue weighted by atomic mass is 10.1. The van der Waals surface area contributed by atoms with Gasteiger partial charge in [0.1, 0.15) is 0 Å². The summed E-state index contributed by atoms with van der Waals surface area (Å²) < 4.78 is 0. The van der Waals surface area contributed by atoms with Gasteiger partial charge in [0.05, 0.1) is 0 Å². The molecule has 0 aliphatic heterocycles. The van der Waals surface area contributed by atoms with Crippen LogP contribution in [0, 0.1) is 0 Å². The zero-order valence-corrected chi connectivity index (χ0v) is 12.7. The fourth-order valence-electron chi connectivity index (χ4n) is 2.20. The highest BCUT2D eigenvalue weighted by molar-refractivity contribution is 7.07. The lowest BCUT2D eigenvalue weighted by Gasteiger charge is -2.26. The summed E-state index contributed by atoms with van der Waals surface area (Å²) in [5.74, 6) is 0. The Balaban J connectivity index is 1.98. The molecule has 0 fully saturated rings. The molecule has 0 spiro atoms. The molecule has 3 heteroatoms. The number of nitrogens with one attached hydrogen (secondary N) is 1. The van der Waals surface area contributed by atoms with Crippen molar-refractivity contribution < 1.29 is 0 Å². The van der Waals surface area contributed by atoms with Gasteiger partial charge in [0.25, 0.3) is 0 Å². The second-order valence-electron chi connectivity index (χ2n) is 5.08. The predicted molar refractivity (Wildman–Crippen MR) is 83.6 cm³/mol. The van der Waals surface area contributed by atoms with Crippen LogP contribution in [0.4, 0.5) is 0 Å². The summed E-state index contributed by atoms with van der Waals surface area (Å²) in [4.78, 5) is 2.27. The van der Waals surface area contributed by atoms with Crippen molar-refractivity contribution in [3.63, 3.8) is 0 Å². The highest BCUT2D eigenvalue weighted by Crippen LogP contribution is 2.20. The molecule has 2 rings (SSSR count). The van der Waals surface area contributed by atoms with E-state index in [0.29, 0.717) is 12.1 Å². The maximum absolute atomic E-state index is 3.63. The van der Waals surface area contributed by atoms with Crippen LogP contribution in [-0.2, 0) is 0 Å². The Labute approximate surface area is 120 Å². The van der Waals surface area contributed by atoms with Crippen LogP contribution in [0.25, 0.3) is 0 Å². The molecular formula is C16H22N2S. The van der Waals surface area contributed by atoms with E-state index in [1.54, 1.807) is 11.3 Å². The van der Waals surface area contributed by atoms with Gasteiger partial charge in [0.2, 0.25) is 0 Å². The molecule has 1 aromatic heterocycles. The van der Waals surface area contributed by atoms with Crippen LogP contribution in [0.15, 0.2) is 47.2 Å². The van der Waals surface area contributed by atoms with E-state index in [1.165, 1.54) is 11.1 Å². The fraction of sp³-hybridized carbons (Fsp3) is 0.375. The van der Waals surface area contributed by atoms with Crippen molar-refractivity contribution in [2.45, 2.75) is 19.0 Å². The first kappa shape index (κ1) is 14.3. The molecule has 2 unspecified atom stereocenters. The standard InChI is InChI=1S/C16H22N2S/c1-13(15-9-10-19-12-15)17-11-16(18(2)3)14-7-5-4-6-8-14/h4-10,12-13,16-17H,11H2,1-3H3. The SMILES string of the molecule is CC(NCC(c1ccccc1)N(C)C)c1ccsc1. The molecule has 0 aliphatic carbocycles. The largest absolute Gasteiger partial charge is 0.308 e. The van der Waals surface area contributed by atoms with Gasteiger partial charge >= 0.3 is 0 Å². The van der Waals surface area contributed by atoms with Gasteiger partial charge in [-0.2, -0.15) is 11.3 Å². The zero-order chi connectivity index (χ0) is 13.7. The van der Waals surface area contributed by atoms with Crippen LogP contribution in [0.1, 0.15) is 30.1 Å². The summed E-state index contributed by atoms with van der Waals surface area (Å²) in [5, 5.41) is 7.98. The molecule has 1 N–H and O–H groups in total. The molecule has 2 atom stereocenters. The molecule has 0 saturated carbocycles. The van der Waals surface area contributed by atoms with E-state index in [0.717, 1.165) is 6.54 Å². The number of benzene rings is 1. The highest BCUT2D eigenvalue weighted by atomic mass is 32.1. The molecule has 0 saturated heterocycles. The van der Waals surface area contributed by atoms with Gasteiger partial charge in [-0.3, -0.25) is 0 Å². The molecule has 102 valence electrons. The first-order valence-corrected chi connectivity index (χ1v) is 7.59. The number of rotatable bonds is 6. The van der Waals surface area contributed by atoms with Gasteiger partial charge in [0.15, 0.2) is 0 Å². The van der Waals surface area contributed by atoms with Crippen LogP contribution >= 0.6 is 11.3 Å². The van der Waals surface area contributed by atoms with Crippen molar-refractivity contribution in [2.75, 3.05) is 20.6 Å². The first-order chi connectivity index (χ1) is 9.18. The van der Waals surface area contributed by atoms with Gasteiger partial charge < -0.3 is 10.2 Å². The minimum Gasteiger partial charge on any atom is -0.308 e. The van der Waals surface area contributed by atoms with Gasteiger partial charge in [-0.05, 0) is 49.0 Å². The van der Waals surface area contributed by atoms with Crippen molar-refractivity contribution in [3.05, 3.63) is 58.3 Å². The summed E-state index contributed by atoms with van der Waals surface area (Å²) in [7, 11) is 4.27. The lowest BCUT2D eigenvalue weighted by Crippen LogP contribution is -2.32. The monoisotopic (exact) mass is 274 g/mol. The average molecular weight is 274 g/mol. The Morgan fingerprint density at radius 2 is 1.84 bits per heavy atom. The predicted octanol–water partition coefficient (Wildman–Crippen LogP) is 3.70. The minimum atomic E-state index is 0.400. The van der Waals surface area contributed by atoms with Crippen LogP contribution < -0.4 is 5.32 Å². The molecule has 2 aromatic rings. The van der Waals surface area contributed by atoms with E-state index in [1.807, 2.05) is 0 Å². The van der Waals surface area contributed by atoms with Crippen molar-refractivity contribution in [2.24, 2.45) is 0 Å². The molecule has 0 radical (unpaired) electrons. The quantitative estimate of drug-likeness (QED) is 0.864. The molecule has 19 heavy (non-hydrogen) atoms. The number of hydrogen-bond acceptors (Lipinski definition) is 3. The molecule has 2 nitrogen and oxygen atoms in total. The Hall–Kier alpha value is -1.16. The van der Waals surface area contributed by atoms with E-state index < -0.39 is 0 Å². The summed E-state index contributed by atoms with van der Waals surface area (Å²) in [6.07, 6.45) is 0. The summed E-state index contributed by atoms with van der Waals surface area (Å²) in [6.45, 7) is 3.17. The number of likely N-dealkylation sites (N-methyl/N-ethyl adjacent to an activating group) is 1. The Morgan fingerprint density at radius 3 is 2.42 bits per heavy atom. The van der Waals surface area contributed by atoms with Crippen molar-refractivity contribution >= 4 is 11.3 Å². The highest BCUT2D eigenvalue weighted by Gasteiger charge is 2.15. The number of thiophene rings is 1. The lowest BCUT2D eigenvalue weighted by molar-refractivity contribution is 0.282. The fourth-order valence-corrected chi connectivity index (χ4v) is 2.96. The smallest absolute Gasteiger partial charge is 0.0467 e. The van der Waals surface area contributed by atoms with Crippen LogP contribution in [0.3, 0.4) is 0 Å². The minimum absolute atomic E-state index is 0.400. The Bertz CT molecular complexity index is 465. The summed E-state index contributed by atoms with van der Waals surface area (Å²) >= 11 is 1.75. The van der Waals surface area contributed by atoms with Crippen molar-refractivity contribution in [1.29, 1.82) is 0 Å². The molecule has 1 aromatic carbocycles. The molecule has 0 aliphatic rings. The van der Waals surface area contributed by atoms with Crippen molar-refractivity contribution in [1.82, 2.24) is 10.2 Å².